The van der Waals surface area contributed by atoms with Crippen molar-refractivity contribution in [3.05, 3.63) is 59.3 Å². The molecule has 0 fully saturated rings. The van der Waals surface area contributed by atoms with Crippen LogP contribution in [-0.4, -0.2) is 29.9 Å². The highest BCUT2D eigenvalue weighted by Gasteiger charge is 2.41. The van der Waals surface area contributed by atoms with E-state index in [9.17, 15) is 22.8 Å². The Hall–Kier alpha value is -2.57. The molecule has 0 radical (unpaired) electrons. The number of halogens is 3. The third-order valence-corrected chi connectivity index (χ3v) is 4.27. The zero-order chi connectivity index (χ0) is 19.5. The van der Waals surface area contributed by atoms with Gasteiger partial charge in [-0.15, -0.1) is 6.58 Å². The summed E-state index contributed by atoms with van der Waals surface area (Å²) in [4.78, 5) is 26.3. The summed E-state index contributed by atoms with van der Waals surface area (Å²) in [6.45, 7) is 6.97. The maximum atomic E-state index is 13.4. The Morgan fingerprint density at radius 2 is 2.04 bits per heavy atom. The van der Waals surface area contributed by atoms with Crippen LogP contribution < -0.4 is 0 Å². The number of benzene rings is 1. The van der Waals surface area contributed by atoms with Gasteiger partial charge in [0.1, 0.15) is 0 Å². The molecule has 2 rings (SSSR count). The smallest absolute Gasteiger partial charge is 0.416 e. The van der Waals surface area contributed by atoms with Gasteiger partial charge in [-0.3, -0.25) is 4.79 Å². The SMILES string of the molecule is C=CCN1C(=O)CC(c2ccccc2C(F)(F)F)C(C(=O)OCC)=C1C. The highest BCUT2D eigenvalue weighted by molar-refractivity contribution is 5.96. The number of amides is 1. The van der Waals surface area contributed by atoms with E-state index < -0.39 is 23.6 Å². The average Bonchev–Trinajstić information content (AvgIpc) is 2.57. The fourth-order valence-corrected chi connectivity index (χ4v) is 3.16. The summed E-state index contributed by atoms with van der Waals surface area (Å²) >= 11 is 0. The molecule has 1 aliphatic rings. The molecular weight excluding hydrogens is 347 g/mol. The predicted octanol–water partition coefficient (Wildman–Crippen LogP) is 4.04. The lowest BCUT2D eigenvalue weighted by molar-refractivity contribution is -0.142. The Balaban J connectivity index is 2.65. The molecule has 1 unspecified atom stereocenters. The summed E-state index contributed by atoms with van der Waals surface area (Å²) in [7, 11) is 0. The standard InChI is InChI=1S/C19H20F3NO3/c1-4-10-23-12(3)17(18(25)26-5-2)14(11-16(23)24)13-8-6-7-9-15(13)19(20,21)22/h4,6-9,14H,1,5,10-11H2,2-3H3. The van der Waals surface area contributed by atoms with E-state index in [4.69, 9.17) is 4.74 Å². The van der Waals surface area contributed by atoms with Crippen molar-refractivity contribution in [2.45, 2.75) is 32.4 Å². The number of nitrogens with zero attached hydrogens (tertiary/aromatic N) is 1. The van der Waals surface area contributed by atoms with Crippen LogP contribution in [0.5, 0.6) is 0 Å². The summed E-state index contributed by atoms with van der Waals surface area (Å²) in [6, 6.07) is 5.00. The van der Waals surface area contributed by atoms with Crippen molar-refractivity contribution in [2.75, 3.05) is 13.2 Å². The third kappa shape index (κ3) is 3.81. The second kappa shape index (κ2) is 7.76. The monoisotopic (exact) mass is 367 g/mol. The van der Waals surface area contributed by atoms with Gasteiger partial charge in [0.2, 0.25) is 5.91 Å². The maximum absolute atomic E-state index is 13.4. The van der Waals surface area contributed by atoms with Crippen molar-refractivity contribution in [1.29, 1.82) is 0 Å². The number of hydrogen-bond acceptors (Lipinski definition) is 3. The molecule has 26 heavy (non-hydrogen) atoms. The molecule has 0 spiro atoms. The van der Waals surface area contributed by atoms with Crippen LogP contribution in [0.4, 0.5) is 13.2 Å². The quantitative estimate of drug-likeness (QED) is 0.583. The van der Waals surface area contributed by atoms with Gasteiger partial charge in [0.05, 0.1) is 17.7 Å². The number of carbonyl (C=O) groups excluding carboxylic acids is 2. The molecule has 0 bridgehead atoms. The maximum Gasteiger partial charge on any atom is 0.416 e. The summed E-state index contributed by atoms with van der Waals surface area (Å²) in [6.07, 6.45) is -3.34. The fourth-order valence-electron chi connectivity index (χ4n) is 3.16. The van der Waals surface area contributed by atoms with Crippen LogP contribution in [0.15, 0.2) is 48.2 Å². The lowest BCUT2D eigenvalue weighted by Crippen LogP contribution is -2.39. The van der Waals surface area contributed by atoms with Gasteiger partial charge < -0.3 is 9.64 Å². The Kier molecular flexibility index (Phi) is 5.90. The fraction of sp³-hybridized carbons (Fsp3) is 0.368. The van der Waals surface area contributed by atoms with Gasteiger partial charge in [-0.1, -0.05) is 24.3 Å². The van der Waals surface area contributed by atoms with E-state index in [1.54, 1.807) is 6.92 Å². The molecule has 1 aliphatic heterocycles. The zero-order valence-corrected chi connectivity index (χ0v) is 14.6. The van der Waals surface area contributed by atoms with Gasteiger partial charge in [0.15, 0.2) is 0 Å². The van der Waals surface area contributed by atoms with Crippen LogP contribution in [0.25, 0.3) is 0 Å². The summed E-state index contributed by atoms with van der Waals surface area (Å²) in [5.41, 5.74) is -0.592. The number of allylic oxidation sites excluding steroid dienone is 1. The molecule has 1 atom stereocenters. The number of hydrogen-bond donors (Lipinski definition) is 0. The first kappa shape index (κ1) is 19.8. The van der Waals surface area contributed by atoms with Crippen LogP contribution in [0.3, 0.4) is 0 Å². The first-order valence-electron chi connectivity index (χ1n) is 8.17. The van der Waals surface area contributed by atoms with E-state index in [2.05, 4.69) is 6.58 Å². The van der Waals surface area contributed by atoms with Crippen LogP contribution in [0.2, 0.25) is 0 Å². The Morgan fingerprint density at radius 3 is 2.62 bits per heavy atom. The van der Waals surface area contributed by atoms with Crippen molar-refractivity contribution in [3.63, 3.8) is 0 Å². The average molecular weight is 367 g/mol. The molecular formula is C19H20F3NO3. The normalized spacial score (nSPS) is 18.1. The molecule has 0 N–H and O–H groups in total. The van der Waals surface area contributed by atoms with Gasteiger partial charge in [0.25, 0.3) is 0 Å². The molecule has 0 saturated carbocycles. The molecule has 0 aliphatic carbocycles. The Morgan fingerprint density at radius 1 is 1.38 bits per heavy atom. The van der Waals surface area contributed by atoms with Gasteiger partial charge >= 0.3 is 12.1 Å². The number of alkyl halides is 3. The van der Waals surface area contributed by atoms with E-state index in [0.29, 0.717) is 5.70 Å². The van der Waals surface area contributed by atoms with Crippen molar-refractivity contribution >= 4 is 11.9 Å². The first-order chi connectivity index (χ1) is 12.2. The molecule has 0 aromatic heterocycles. The van der Waals surface area contributed by atoms with Gasteiger partial charge in [-0.2, -0.15) is 13.2 Å². The van der Waals surface area contributed by atoms with Gasteiger partial charge in [-0.05, 0) is 25.5 Å². The first-order valence-corrected chi connectivity index (χ1v) is 8.17. The Bertz CT molecular complexity index is 753. The third-order valence-electron chi connectivity index (χ3n) is 4.27. The van der Waals surface area contributed by atoms with Crippen molar-refractivity contribution in [3.8, 4) is 0 Å². The molecule has 4 nitrogen and oxygen atoms in total. The zero-order valence-electron chi connectivity index (χ0n) is 14.6. The van der Waals surface area contributed by atoms with Crippen molar-refractivity contribution < 1.29 is 27.5 Å². The van der Waals surface area contributed by atoms with E-state index in [0.717, 1.165) is 6.07 Å². The number of ether oxygens (including phenoxy) is 1. The van der Waals surface area contributed by atoms with Crippen LogP contribution in [-0.2, 0) is 20.5 Å². The van der Waals surface area contributed by atoms with E-state index in [-0.39, 0.29) is 36.6 Å². The minimum atomic E-state index is -4.59. The highest BCUT2D eigenvalue weighted by Crippen LogP contribution is 2.42. The van der Waals surface area contributed by atoms with E-state index in [1.165, 1.54) is 36.1 Å². The van der Waals surface area contributed by atoms with E-state index in [1.807, 2.05) is 0 Å². The van der Waals surface area contributed by atoms with E-state index >= 15 is 0 Å². The van der Waals surface area contributed by atoms with Crippen molar-refractivity contribution in [2.24, 2.45) is 0 Å². The molecule has 7 heteroatoms. The van der Waals surface area contributed by atoms with Crippen LogP contribution >= 0.6 is 0 Å². The molecule has 1 aromatic rings. The summed E-state index contributed by atoms with van der Waals surface area (Å²) < 4.78 is 45.3. The van der Waals surface area contributed by atoms with Gasteiger partial charge in [0, 0.05) is 24.6 Å². The second-order valence-electron chi connectivity index (χ2n) is 5.85. The van der Waals surface area contributed by atoms with Crippen LogP contribution in [0, 0.1) is 0 Å². The summed E-state index contributed by atoms with van der Waals surface area (Å²) in [5, 5.41) is 0. The summed E-state index contributed by atoms with van der Waals surface area (Å²) in [5.74, 6) is -2.09. The lowest BCUT2D eigenvalue weighted by Gasteiger charge is -2.34. The minimum Gasteiger partial charge on any atom is -0.463 e. The molecule has 140 valence electrons. The minimum absolute atomic E-state index is 0.0741. The van der Waals surface area contributed by atoms with Crippen molar-refractivity contribution in [1.82, 2.24) is 4.90 Å². The molecule has 1 amide bonds. The predicted molar refractivity (Wildman–Crippen MR) is 90.0 cm³/mol. The number of esters is 1. The molecule has 1 aromatic carbocycles. The van der Waals surface area contributed by atoms with Crippen LogP contribution in [0.1, 0.15) is 37.3 Å². The Labute approximate surface area is 149 Å². The molecule has 1 heterocycles. The highest BCUT2D eigenvalue weighted by atomic mass is 19.4. The topological polar surface area (TPSA) is 46.6 Å². The lowest BCUT2D eigenvalue weighted by atomic mass is 9.81. The second-order valence-corrected chi connectivity index (χ2v) is 5.85. The van der Waals surface area contributed by atoms with Gasteiger partial charge in [-0.25, -0.2) is 4.79 Å². The molecule has 0 saturated heterocycles. The number of carbonyl (C=O) groups is 2. The number of rotatable bonds is 5. The largest absolute Gasteiger partial charge is 0.463 e.